The first-order valence-corrected chi connectivity index (χ1v) is 7.36. The van der Waals surface area contributed by atoms with Gasteiger partial charge in [-0.25, -0.2) is 9.78 Å². The lowest BCUT2D eigenvalue weighted by Gasteiger charge is -2.13. The van der Waals surface area contributed by atoms with E-state index in [0.717, 1.165) is 12.8 Å². The number of carbonyl (C=O) groups is 2. The van der Waals surface area contributed by atoms with Crippen LogP contribution in [0.3, 0.4) is 0 Å². The van der Waals surface area contributed by atoms with Crippen molar-refractivity contribution in [2.45, 2.75) is 25.8 Å². The molecule has 0 aromatic carbocycles. The summed E-state index contributed by atoms with van der Waals surface area (Å²) in [6.07, 6.45) is 2.75. The zero-order valence-corrected chi connectivity index (χ0v) is 12.0. The Balaban J connectivity index is 1.94. The van der Waals surface area contributed by atoms with E-state index >= 15 is 0 Å². The van der Waals surface area contributed by atoms with Gasteiger partial charge in [-0.05, 0) is 25.7 Å². The van der Waals surface area contributed by atoms with Gasteiger partial charge in [0.05, 0.1) is 0 Å². The van der Waals surface area contributed by atoms with Gasteiger partial charge in [-0.3, -0.25) is 14.0 Å². The first kappa shape index (κ1) is 13.7. The van der Waals surface area contributed by atoms with E-state index in [1.807, 2.05) is 0 Å². The van der Waals surface area contributed by atoms with Crippen molar-refractivity contribution in [2.24, 2.45) is 5.92 Å². The Labute approximate surface area is 123 Å². The number of carbonyl (C=O) groups excluding carboxylic acids is 1. The highest BCUT2D eigenvalue weighted by atomic mass is 32.1. The number of aryl methyl sites for hydroxylation is 1. The standard InChI is InChI=1S/C13H13N3O4S/c1-6-5-21-13-14-4-8(11(18)16(6)13)10(17)15-9(12(19)20)7-2-3-7/h4-5,7,9H,2-3H2,1H3,(H,15,17)(H,19,20). The third kappa shape index (κ3) is 2.42. The van der Waals surface area contributed by atoms with Gasteiger partial charge >= 0.3 is 5.97 Å². The number of nitrogens with zero attached hydrogens (tertiary/aromatic N) is 2. The fraction of sp³-hybridized carbons (Fsp3) is 0.385. The van der Waals surface area contributed by atoms with Crippen molar-refractivity contribution >= 4 is 28.2 Å². The predicted molar refractivity (Wildman–Crippen MR) is 75.7 cm³/mol. The number of amides is 1. The Kier molecular flexibility index (Phi) is 3.25. The predicted octanol–water partition coefficient (Wildman–Crippen LogP) is 0.657. The van der Waals surface area contributed by atoms with Crippen molar-refractivity contribution in [3.05, 3.63) is 33.2 Å². The fourth-order valence-corrected chi connectivity index (χ4v) is 3.04. The van der Waals surface area contributed by atoms with Gasteiger partial charge in [0.25, 0.3) is 11.5 Å². The summed E-state index contributed by atoms with van der Waals surface area (Å²) in [5, 5.41) is 13.3. The number of thiazole rings is 1. The second-order valence-electron chi connectivity index (χ2n) is 5.10. The summed E-state index contributed by atoms with van der Waals surface area (Å²) in [4.78, 5) is 40.2. The highest BCUT2D eigenvalue weighted by Gasteiger charge is 2.37. The molecule has 8 heteroatoms. The average molecular weight is 307 g/mol. The zero-order chi connectivity index (χ0) is 15.1. The molecule has 0 bridgehead atoms. The first-order chi connectivity index (χ1) is 9.99. The van der Waals surface area contributed by atoms with Gasteiger partial charge in [0, 0.05) is 17.3 Å². The molecule has 1 amide bonds. The molecule has 2 aromatic heterocycles. The van der Waals surface area contributed by atoms with Crippen LogP contribution < -0.4 is 10.9 Å². The van der Waals surface area contributed by atoms with Gasteiger partial charge in [0.2, 0.25) is 0 Å². The van der Waals surface area contributed by atoms with Gasteiger partial charge in [-0.1, -0.05) is 0 Å². The number of hydrogen-bond acceptors (Lipinski definition) is 5. The van der Waals surface area contributed by atoms with E-state index in [1.54, 1.807) is 12.3 Å². The lowest BCUT2D eigenvalue weighted by molar-refractivity contribution is -0.139. The summed E-state index contributed by atoms with van der Waals surface area (Å²) in [6, 6.07) is -0.943. The summed E-state index contributed by atoms with van der Waals surface area (Å²) in [5.41, 5.74) is 0.0798. The molecule has 21 heavy (non-hydrogen) atoms. The highest BCUT2D eigenvalue weighted by Crippen LogP contribution is 2.32. The summed E-state index contributed by atoms with van der Waals surface area (Å²) < 4.78 is 1.35. The highest BCUT2D eigenvalue weighted by molar-refractivity contribution is 7.15. The van der Waals surface area contributed by atoms with Crippen LogP contribution in [-0.2, 0) is 4.79 Å². The fourth-order valence-electron chi connectivity index (χ4n) is 2.21. The van der Waals surface area contributed by atoms with Crippen LogP contribution in [0.15, 0.2) is 16.4 Å². The molecule has 1 unspecified atom stereocenters. The molecule has 1 saturated carbocycles. The summed E-state index contributed by atoms with van der Waals surface area (Å²) >= 11 is 1.31. The number of nitrogens with one attached hydrogen (secondary N) is 1. The van der Waals surface area contributed by atoms with Crippen molar-refractivity contribution in [3.8, 4) is 0 Å². The quantitative estimate of drug-likeness (QED) is 0.864. The van der Waals surface area contributed by atoms with E-state index in [9.17, 15) is 14.4 Å². The first-order valence-electron chi connectivity index (χ1n) is 6.48. The Morgan fingerprint density at radius 1 is 1.52 bits per heavy atom. The Morgan fingerprint density at radius 2 is 2.24 bits per heavy atom. The number of aromatic nitrogens is 2. The van der Waals surface area contributed by atoms with Crippen molar-refractivity contribution < 1.29 is 14.7 Å². The van der Waals surface area contributed by atoms with E-state index in [0.29, 0.717) is 10.7 Å². The summed E-state index contributed by atoms with van der Waals surface area (Å²) in [5.74, 6) is -1.81. The van der Waals surface area contributed by atoms with Crippen molar-refractivity contribution in [3.63, 3.8) is 0 Å². The third-order valence-corrected chi connectivity index (χ3v) is 4.46. The summed E-state index contributed by atoms with van der Waals surface area (Å²) in [7, 11) is 0. The van der Waals surface area contributed by atoms with Gasteiger partial charge in [-0.2, -0.15) is 0 Å². The Morgan fingerprint density at radius 3 is 2.86 bits per heavy atom. The van der Waals surface area contributed by atoms with Crippen LogP contribution in [0.2, 0.25) is 0 Å². The molecule has 0 spiro atoms. The number of hydrogen-bond donors (Lipinski definition) is 2. The molecule has 0 aliphatic heterocycles. The minimum absolute atomic E-state index is 0.0474. The number of carboxylic acid groups (broad SMARTS) is 1. The second-order valence-corrected chi connectivity index (χ2v) is 5.94. The number of rotatable bonds is 4. The van der Waals surface area contributed by atoms with Crippen LogP contribution in [0, 0.1) is 12.8 Å². The topological polar surface area (TPSA) is 101 Å². The molecule has 1 aliphatic carbocycles. The number of fused-ring (bicyclic) bond motifs is 1. The van der Waals surface area contributed by atoms with Crippen LogP contribution in [0.25, 0.3) is 4.96 Å². The van der Waals surface area contributed by atoms with Crippen molar-refractivity contribution in [2.75, 3.05) is 0 Å². The van der Waals surface area contributed by atoms with Gasteiger partial charge < -0.3 is 10.4 Å². The number of aliphatic carboxylic acids is 1. The molecular weight excluding hydrogens is 294 g/mol. The Hall–Kier alpha value is -2.22. The van der Waals surface area contributed by atoms with Gasteiger partial charge in [-0.15, -0.1) is 11.3 Å². The maximum Gasteiger partial charge on any atom is 0.326 e. The van der Waals surface area contributed by atoms with Crippen LogP contribution in [0.4, 0.5) is 0 Å². The SMILES string of the molecule is Cc1csc2ncc(C(=O)NC(C(=O)O)C3CC3)c(=O)n12. The van der Waals surface area contributed by atoms with Crippen LogP contribution in [0.1, 0.15) is 28.9 Å². The summed E-state index contributed by atoms with van der Waals surface area (Å²) in [6.45, 7) is 1.75. The van der Waals surface area contributed by atoms with E-state index in [-0.39, 0.29) is 11.5 Å². The van der Waals surface area contributed by atoms with Crippen LogP contribution in [-0.4, -0.2) is 32.4 Å². The minimum atomic E-state index is -1.08. The van der Waals surface area contributed by atoms with Crippen molar-refractivity contribution in [1.82, 2.24) is 14.7 Å². The molecule has 1 atom stereocenters. The van der Waals surface area contributed by atoms with Crippen molar-refractivity contribution in [1.29, 1.82) is 0 Å². The molecule has 2 aromatic rings. The van der Waals surface area contributed by atoms with E-state index in [1.165, 1.54) is 21.9 Å². The third-order valence-electron chi connectivity index (χ3n) is 3.51. The zero-order valence-electron chi connectivity index (χ0n) is 11.2. The van der Waals surface area contributed by atoms with E-state index in [2.05, 4.69) is 10.3 Å². The molecule has 1 aliphatic rings. The monoisotopic (exact) mass is 307 g/mol. The molecule has 110 valence electrons. The maximum absolute atomic E-state index is 12.3. The van der Waals surface area contributed by atoms with Gasteiger partial charge in [0.15, 0.2) is 4.96 Å². The minimum Gasteiger partial charge on any atom is -0.480 e. The molecule has 7 nitrogen and oxygen atoms in total. The molecule has 2 N–H and O–H groups in total. The van der Waals surface area contributed by atoms with Crippen LogP contribution >= 0.6 is 11.3 Å². The van der Waals surface area contributed by atoms with E-state index in [4.69, 9.17) is 5.11 Å². The maximum atomic E-state index is 12.3. The Bertz CT molecular complexity index is 790. The molecule has 3 rings (SSSR count). The van der Waals surface area contributed by atoms with Crippen LogP contribution in [0.5, 0.6) is 0 Å². The molecule has 0 radical (unpaired) electrons. The lowest BCUT2D eigenvalue weighted by atomic mass is 10.1. The molecule has 0 saturated heterocycles. The molecular formula is C13H13N3O4S. The smallest absolute Gasteiger partial charge is 0.326 e. The normalized spacial score (nSPS) is 15.9. The van der Waals surface area contributed by atoms with E-state index < -0.39 is 23.5 Å². The molecule has 1 fully saturated rings. The lowest BCUT2D eigenvalue weighted by Crippen LogP contribution is -2.44. The largest absolute Gasteiger partial charge is 0.480 e. The number of carboxylic acids is 1. The second kappa shape index (κ2) is 4.96. The molecule has 2 heterocycles. The average Bonchev–Trinajstić information content (AvgIpc) is 3.19. The van der Waals surface area contributed by atoms with Gasteiger partial charge in [0.1, 0.15) is 11.6 Å².